The Hall–Kier alpha value is -2.01. The second kappa shape index (κ2) is 4.59. The van der Waals surface area contributed by atoms with Gasteiger partial charge in [-0.15, -0.1) is 0 Å². The largest absolute Gasteiger partial charge is 0.508 e. The lowest BCUT2D eigenvalue weighted by Crippen LogP contribution is -2.04. The lowest BCUT2D eigenvalue weighted by Gasteiger charge is -2.11. The molecule has 0 amide bonds. The van der Waals surface area contributed by atoms with E-state index in [9.17, 15) is 18.6 Å². The number of hydrogen-bond acceptors (Lipinski definition) is 4. The van der Waals surface area contributed by atoms with E-state index >= 15 is 0 Å². The maximum absolute atomic E-state index is 12.5. The van der Waals surface area contributed by atoms with E-state index < -0.39 is 15.6 Å². The second-order valence-electron chi connectivity index (χ2n) is 4.43. The van der Waals surface area contributed by atoms with Crippen molar-refractivity contribution in [3.63, 3.8) is 0 Å². The Morgan fingerprint density at radius 2 is 1.68 bits per heavy atom. The Bertz CT molecular complexity index is 710. The molecule has 2 N–H and O–H groups in total. The van der Waals surface area contributed by atoms with Crippen LogP contribution in [0.2, 0.25) is 0 Å². The molecule has 19 heavy (non-hydrogen) atoms. The van der Waals surface area contributed by atoms with Gasteiger partial charge < -0.3 is 10.2 Å². The summed E-state index contributed by atoms with van der Waals surface area (Å²) >= 11 is 0. The van der Waals surface area contributed by atoms with Crippen LogP contribution in [0.3, 0.4) is 0 Å². The first-order valence-electron chi connectivity index (χ1n) is 5.66. The molecule has 0 radical (unpaired) electrons. The molecular weight excluding hydrogens is 264 g/mol. The Balaban J connectivity index is 2.71. The van der Waals surface area contributed by atoms with Crippen molar-refractivity contribution in [3.8, 4) is 11.5 Å². The van der Waals surface area contributed by atoms with Gasteiger partial charge in [0.2, 0.25) is 9.84 Å². The smallest absolute Gasteiger partial charge is 0.210 e. The fourth-order valence-corrected chi connectivity index (χ4v) is 3.64. The summed E-state index contributed by atoms with van der Waals surface area (Å²) in [5.41, 5.74) is 1.12. The summed E-state index contributed by atoms with van der Waals surface area (Å²) in [5.74, 6) is -0.614. The van der Waals surface area contributed by atoms with Crippen molar-refractivity contribution < 1.29 is 18.6 Å². The van der Waals surface area contributed by atoms with Gasteiger partial charge in [0.1, 0.15) is 16.4 Å². The van der Waals surface area contributed by atoms with Crippen LogP contribution in [0.4, 0.5) is 0 Å². The topological polar surface area (TPSA) is 74.6 Å². The summed E-state index contributed by atoms with van der Waals surface area (Å²) < 4.78 is 25.0. The minimum Gasteiger partial charge on any atom is -0.508 e. The van der Waals surface area contributed by atoms with Crippen molar-refractivity contribution in [3.05, 3.63) is 47.5 Å². The zero-order valence-electron chi connectivity index (χ0n) is 10.6. The molecule has 0 atom stereocenters. The second-order valence-corrected chi connectivity index (χ2v) is 6.32. The van der Waals surface area contributed by atoms with Crippen LogP contribution in [0.1, 0.15) is 11.1 Å². The first-order valence-corrected chi connectivity index (χ1v) is 7.15. The van der Waals surface area contributed by atoms with Gasteiger partial charge in [0, 0.05) is 6.07 Å². The lowest BCUT2D eigenvalue weighted by molar-refractivity contribution is 0.438. The molecule has 2 aromatic carbocycles. The zero-order valence-corrected chi connectivity index (χ0v) is 11.4. The van der Waals surface area contributed by atoms with Crippen LogP contribution < -0.4 is 0 Å². The van der Waals surface area contributed by atoms with Gasteiger partial charge in [0.15, 0.2) is 0 Å². The van der Waals surface area contributed by atoms with E-state index in [4.69, 9.17) is 0 Å². The predicted octanol–water partition coefficient (Wildman–Crippen LogP) is 2.55. The van der Waals surface area contributed by atoms with Crippen molar-refractivity contribution in [1.82, 2.24) is 0 Å². The minimum atomic E-state index is -3.80. The number of hydrogen-bond donors (Lipinski definition) is 2. The molecule has 0 spiro atoms. The molecule has 0 saturated carbocycles. The molecule has 0 aliphatic carbocycles. The Morgan fingerprint density at radius 3 is 2.26 bits per heavy atom. The van der Waals surface area contributed by atoms with Crippen LogP contribution >= 0.6 is 0 Å². The Kier molecular flexibility index (Phi) is 3.24. The van der Waals surface area contributed by atoms with Crippen LogP contribution in [0.15, 0.2) is 46.2 Å². The molecule has 0 aromatic heterocycles. The minimum absolute atomic E-state index is 0.122. The third-order valence-electron chi connectivity index (χ3n) is 2.81. The summed E-state index contributed by atoms with van der Waals surface area (Å²) in [5, 5.41) is 19.1. The highest BCUT2D eigenvalue weighted by Gasteiger charge is 2.24. The van der Waals surface area contributed by atoms with Crippen molar-refractivity contribution >= 4 is 9.84 Å². The summed E-state index contributed by atoms with van der Waals surface area (Å²) in [4.78, 5) is -0.0486. The van der Waals surface area contributed by atoms with Crippen molar-refractivity contribution in [2.45, 2.75) is 23.6 Å². The molecule has 0 aliphatic rings. The SMILES string of the molecule is Cc1cccc(S(=O)(=O)c2c(C)cc(O)cc2O)c1. The molecule has 0 unspecified atom stereocenters. The highest BCUT2D eigenvalue weighted by atomic mass is 32.2. The van der Waals surface area contributed by atoms with Gasteiger partial charge in [-0.3, -0.25) is 0 Å². The molecule has 0 bridgehead atoms. The maximum Gasteiger partial charge on any atom is 0.210 e. The highest BCUT2D eigenvalue weighted by Crippen LogP contribution is 2.34. The Labute approximate surface area is 111 Å². The quantitative estimate of drug-likeness (QED) is 0.885. The van der Waals surface area contributed by atoms with E-state index in [-0.39, 0.29) is 15.5 Å². The first-order chi connectivity index (χ1) is 8.82. The molecule has 100 valence electrons. The number of sulfone groups is 1. The molecule has 4 nitrogen and oxygen atoms in total. The first kappa shape index (κ1) is 13.4. The number of rotatable bonds is 2. The lowest BCUT2D eigenvalue weighted by atomic mass is 10.2. The number of aryl methyl sites for hydroxylation is 2. The van der Waals surface area contributed by atoms with Gasteiger partial charge >= 0.3 is 0 Å². The molecular formula is C14H14O4S. The van der Waals surface area contributed by atoms with E-state index in [1.807, 2.05) is 0 Å². The third kappa shape index (κ3) is 2.42. The van der Waals surface area contributed by atoms with Crippen LogP contribution in [0.25, 0.3) is 0 Å². The molecule has 0 aliphatic heterocycles. The van der Waals surface area contributed by atoms with Crippen LogP contribution in [-0.2, 0) is 9.84 Å². The van der Waals surface area contributed by atoms with E-state index in [1.165, 1.54) is 19.1 Å². The predicted molar refractivity (Wildman–Crippen MR) is 71.1 cm³/mol. The monoisotopic (exact) mass is 278 g/mol. The van der Waals surface area contributed by atoms with E-state index in [2.05, 4.69) is 0 Å². The number of benzene rings is 2. The molecule has 2 rings (SSSR count). The summed E-state index contributed by atoms with van der Waals surface area (Å²) in [6, 6.07) is 8.80. The summed E-state index contributed by atoms with van der Waals surface area (Å²) in [6.45, 7) is 3.32. The van der Waals surface area contributed by atoms with Gasteiger partial charge in [0.25, 0.3) is 0 Å². The molecule has 0 fully saturated rings. The van der Waals surface area contributed by atoms with Crippen LogP contribution in [0, 0.1) is 13.8 Å². The van der Waals surface area contributed by atoms with Crippen molar-refractivity contribution in [2.75, 3.05) is 0 Å². The van der Waals surface area contributed by atoms with Crippen LogP contribution in [0.5, 0.6) is 11.5 Å². The molecule has 2 aromatic rings. The van der Waals surface area contributed by atoms with Gasteiger partial charge in [-0.2, -0.15) is 0 Å². The zero-order chi connectivity index (χ0) is 14.2. The molecule has 0 heterocycles. The highest BCUT2D eigenvalue weighted by molar-refractivity contribution is 7.91. The van der Waals surface area contributed by atoms with Crippen molar-refractivity contribution in [1.29, 1.82) is 0 Å². The Morgan fingerprint density at radius 1 is 1.00 bits per heavy atom. The van der Waals surface area contributed by atoms with Crippen LogP contribution in [-0.4, -0.2) is 18.6 Å². The van der Waals surface area contributed by atoms with E-state index in [0.29, 0.717) is 5.56 Å². The van der Waals surface area contributed by atoms with Gasteiger partial charge in [-0.1, -0.05) is 12.1 Å². The van der Waals surface area contributed by atoms with E-state index in [1.54, 1.807) is 25.1 Å². The van der Waals surface area contributed by atoms with Gasteiger partial charge in [0.05, 0.1) is 4.90 Å². The number of phenolic OH excluding ortho intramolecular Hbond substituents is 2. The average Bonchev–Trinajstić information content (AvgIpc) is 2.26. The average molecular weight is 278 g/mol. The fourth-order valence-electron chi connectivity index (χ4n) is 1.99. The number of aromatic hydroxyl groups is 2. The summed E-state index contributed by atoms with van der Waals surface area (Å²) in [6.07, 6.45) is 0. The molecule has 0 saturated heterocycles. The third-order valence-corrected chi connectivity index (χ3v) is 4.75. The number of phenols is 2. The fraction of sp³-hybridized carbons (Fsp3) is 0.143. The van der Waals surface area contributed by atoms with E-state index in [0.717, 1.165) is 11.6 Å². The summed E-state index contributed by atoms with van der Waals surface area (Å²) in [7, 11) is -3.80. The standard InChI is InChI=1S/C14H14O4S/c1-9-4-3-5-12(6-9)19(17,18)14-10(2)7-11(15)8-13(14)16/h3-8,15-16H,1-2H3. The molecule has 5 heteroatoms. The van der Waals surface area contributed by atoms with Gasteiger partial charge in [-0.25, -0.2) is 8.42 Å². The van der Waals surface area contributed by atoms with Crippen molar-refractivity contribution in [2.24, 2.45) is 0 Å². The van der Waals surface area contributed by atoms with Gasteiger partial charge in [-0.05, 0) is 43.2 Å². The maximum atomic E-state index is 12.5. The normalized spacial score (nSPS) is 11.5.